The number of nitrogens with two attached hydrogens (primary N) is 1. The minimum atomic E-state index is -4.83. The van der Waals surface area contributed by atoms with Crippen molar-refractivity contribution in [3.05, 3.63) is 51.5 Å². The van der Waals surface area contributed by atoms with E-state index in [1.165, 1.54) is 32.0 Å². The molecule has 3 amide bonds. The molecule has 12 nitrogen and oxygen atoms in total. The maximum atomic E-state index is 14.4. The predicted octanol–water partition coefficient (Wildman–Crippen LogP) is 3.53. The summed E-state index contributed by atoms with van der Waals surface area (Å²) in [6.45, 7) is 7.65. The molecule has 3 aliphatic rings. The van der Waals surface area contributed by atoms with Crippen LogP contribution in [-0.4, -0.2) is 73.0 Å². The topological polar surface area (TPSA) is 220 Å². The molecule has 0 bridgehead atoms. The van der Waals surface area contributed by atoms with Gasteiger partial charge in [-0.05, 0) is 47.6 Å². The number of aromatic hydroxyl groups is 1. The van der Waals surface area contributed by atoms with Gasteiger partial charge in [-0.25, -0.2) is 4.79 Å². The zero-order valence-electron chi connectivity index (χ0n) is 27.0. The van der Waals surface area contributed by atoms with Gasteiger partial charge in [-0.1, -0.05) is 56.6 Å². The Morgan fingerprint density at radius 2 is 1.59 bits per heavy atom. The standard InChI is InChI=1S/C33H37BrF3N3O9/c1-11(2)20-24(43)19(27(38)46)25(44)32(49)26(45)21-23(42)18-14(12(3)30(21,4)28(47)31(20,32)5)7-9-17(22(18)41)40-29(48)39-16-8-6-13(34)10-15(16)33(35,36)37/h6-12,19-21,24,26,28,41,43,45,47,49H,1-5H3,(H2,38,46)(H2,39,40,48)/t12-,19-,20+,21-,24?,26?,28-,30+,31+,32+/m1/s1. The highest BCUT2D eigenvalue weighted by Gasteiger charge is 2.80. The highest BCUT2D eigenvalue weighted by Crippen LogP contribution is 2.68. The molecule has 5 rings (SSSR count). The molecule has 49 heavy (non-hydrogen) atoms. The fourth-order valence-electron chi connectivity index (χ4n) is 9.00. The van der Waals surface area contributed by atoms with E-state index in [-0.39, 0.29) is 10.0 Å². The van der Waals surface area contributed by atoms with E-state index in [0.717, 1.165) is 12.1 Å². The lowest BCUT2D eigenvalue weighted by molar-refractivity contribution is -0.306. The highest BCUT2D eigenvalue weighted by atomic mass is 79.9. The van der Waals surface area contributed by atoms with Crippen molar-refractivity contribution >= 4 is 50.8 Å². The summed E-state index contributed by atoms with van der Waals surface area (Å²) in [5.41, 5.74) is -3.60. The van der Waals surface area contributed by atoms with Gasteiger partial charge < -0.3 is 41.9 Å². The van der Waals surface area contributed by atoms with Crippen LogP contribution in [-0.2, 0) is 15.8 Å². The zero-order chi connectivity index (χ0) is 36.9. The summed E-state index contributed by atoms with van der Waals surface area (Å²) in [5.74, 6) is -10.9. The number of carbonyl (C=O) groups excluding carboxylic acids is 4. The molecule has 0 aromatic heterocycles. The first-order chi connectivity index (χ1) is 22.5. The Kier molecular flexibility index (Phi) is 8.81. The second kappa shape index (κ2) is 11.8. The summed E-state index contributed by atoms with van der Waals surface area (Å²) in [5, 5.41) is 63.4. The molecule has 2 aromatic carbocycles. The summed E-state index contributed by atoms with van der Waals surface area (Å²) >= 11 is 2.96. The number of primary amides is 1. The first-order valence-electron chi connectivity index (χ1n) is 15.4. The number of Topliss-reactive ketones (excluding diaryl/α,β-unsaturated/α-hetero) is 2. The van der Waals surface area contributed by atoms with Gasteiger partial charge in [-0.15, -0.1) is 0 Å². The molecule has 0 heterocycles. The van der Waals surface area contributed by atoms with Gasteiger partial charge in [0.1, 0.15) is 17.8 Å². The van der Waals surface area contributed by atoms with Gasteiger partial charge in [0, 0.05) is 15.3 Å². The van der Waals surface area contributed by atoms with Crippen LogP contribution in [0.4, 0.5) is 29.3 Å². The van der Waals surface area contributed by atoms with Crippen LogP contribution in [0.5, 0.6) is 5.75 Å². The molecule has 16 heteroatoms. The number of rotatable bonds is 4. The fourth-order valence-corrected chi connectivity index (χ4v) is 9.36. The van der Waals surface area contributed by atoms with Gasteiger partial charge in [-0.2, -0.15) is 13.2 Å². The first-order valence-corrected chi connectivity index (χ1v) is 16.2. The average Bonchev–Trinajstić information content (AvgIpc) is 2.98. The van der Waals surface area contributed by atoms with Crippen LogP contribution in [0.15, 0.2) is 34.8 Å². The van der Waals surface area contributed by atoms with E-state index < -0.39 is 122 Å². The van der Waals surface area contributed by atoms with Crippen LogP contribution in [0.2, 0.25) is 0 Å². The quantitative estimate of drug-likeness (QED) is 0.169. The number of fused-ring (bicyclic) bond motifs is 3. The number of hydrogen-bond donors (Lipinski definition) is 8. The number of aliphatic hydroxyl groups excluding tert-OH is 3. The summed E-state index contributed by atoms with van der Waals surface area (Å²) in [6.07, 6.45) is -10.6. The highest BCUT2D eigenvalue weighted by molar-refractivity contribution is 9.10. The van der Waals surface area contributed by atoms with E-state index in [2.05, 4.69) is 26.6 Å². The van der Waals surface area contributed by atoms with E-state index >= 15 is 0 Å². The largest absolute Gasteiger partial charge is 0.505 e. The van der Waals surface area contributed by atoms with Crippen LogP contribution >= 0.6 is 15.9 Å². The Hall–Kier alpha value is -3.57. The molecular weight excluding hydrogens is 719 g/mol. The van der Waals surface area contributed by atoms with Gasteiger partial charge in [0.05, 0.1) is 40.6 Å². The maximum Gasteiger partial charge on any atom is 0.418 e. The number of phenolic OH excluding ortho intramolecular Hbond substituents is 1. The molecule has 0 radical (unpaired) electrons. The normalized spacial score (nSPS) is 35.7. The fraction of sp³-hybridized carbons (Fsp3) is 0.515. The Bertz CT molecular complexity index is 1770. The number of ketones is 2. The first kappa shape index (κ1) is 36.7. The SMILES string of the molecule is CC(C)[C@H]1C(O)[C@@H](C(N)=O)C(=O)[C@]2(O)C(O)[C@H]3C(=O)c4c(ccc(NC(=O)Nc5ccc(Br)cc5C(F)(F)F)c4O)[C@@H](C)[C@]3(C)[C@@H](O)[C@]12C. The van der Waals surface area contributed by atoms with Crippen molar-refractivity contribution in [3.8, 4) is 5.75 Å². The molecule has 2 saturated carbocycles. The zero-order valence-corrected chi connectivity index (χ0v) is 28.5. The van der Waals surface area contributed by atoms with E-state index in [0.29, 0.717) is 0 Å². The average molecular weight is 757 g/mol. The van der Waals surface area contributed by atoms with Crippen molar-refractivity contribution in [1.29, 1.82) is 0 Å². The van der Waals surface area contributed by atoms with Gasteiger partial charge in [0.25, 0.3) is 0 Å². The minimum absolute atomic E-state index is 0.105. The lowest BCUT2D eigenvalue weighted by Crippen LogP contribution is -2.83. The summed E-state index contributed by atoms with van der Waals surface area (Å²) in [4.78, 5) is 53.6. The summed E-state index contributed by atoms with van der Waals surface area (Å²) < 4.78 is 40.9. The van der Waals surface area contributed by atoms with Crippen molar-refractivity contribution in [2.75, 3.05) is 10.6 Å². The van der Waals surface area contributed by atoms with Gasteiger partial charge in [0.2, 0.25) is 5.91 Å². The van der Waals surface area contributed by atoms with Crippen LogP contribution in [0.3, 0.4) is 0 Å². The van der Waals surface area contributed by atoms with Crippen LogP contribution in [0.25, 0.3) is 0 Å². The van der Waals surface area contributed by atoms with Gasteiger partial charge in [-0.3, -0.25) is 14.4 Å². The number of hydrogen-bond acceptors (Lipinski definition) is 9. The summed E-state index contributed by atoms with van der Waals surface area (Å²) in [7, 11) is 0. The second-order valence-corrected chi connectivity index (χ2v) is 14.9. The number of anilines is 2. The Morgan fingerprint density at radius 3 is 2.14 bits per heavy atom. The second-order valence-electron chi connectivity index (χ2n) is 14.0. The Labute approximate surface area is 287 Å². The van der Waals surface area contributed by atoms with Crippen LogP contribution < -0.4 is 16.4 Å². The molecule has 2 fully saturated rings. The molecule has 0 spiro atoms. The molecule has 3 aliphatic carbocycles. The number of urea groups is 1. The van der Waals surface area contributed by atoms with Gasteiger partial charge in [0.15, 0.2) is 17.2 Å². The lowest BCUT2D eigenvalue weighted by atomic mass is 9.36. The number of phenols is 1. The Morgan fingerprint density at radius 1 is 1.02 bits per heavy atom. The third kappa shape index (κ3) is 4.93. The summed E-state index contributed by atoms with van der Waals surface area (Å²) in [6, 6.07) is 4.41. The molecule has 9 N–H and O–H groups in total. The van der Waals surface area contributed by atoms with Crippen LogP contribution in [0.1, 0.15) is 62.0 Å². The van der Waals surface area contributed by atoms with Crippen molar-refractivity contribution in [2.45, 2.75) is 70.6 Å². The van der Waals surface area contributed by atoms with Gasteiger partial charge >= 0.3 is 12.2 Å². The number of halogens is 4. The number of benzene rings is 2. The predicted molar refractivity (Wildman–Crippen MR) is 171 cm³/mol. The molecule has 266 valence electrons. The van der Waals surface area contributed by atoms with Crippen molar-refractivity contribution < 1.29 is 57.9 Å². The van der Waals surface area contributed by atoms with E-state index in [1.807, 2.05) is 0 Å². The monoisotopic (exact) mass is 755 g/mol. The van der Waals surface area contributed by atoms with Crippen LogP contribution in [0, 0.1) is 34.5 Å². The Balaban J connectivity index is 1.60. The molecular formula is C33H37BrF3N3O9. The van der Waals surface area contributed by atoms with E-state index in [4.69, 9.17) is 5.73 Å². The third-order valence-corrected chi connectivity index (χ3v) is 11.9. The number of aliphatic hydroxyl groups is 4. The van der Waals surface area contributed by atoms with Crippen molar-refractivity contribution in [3.63, 3.8) is 0 Å². The number of amides is 3. The molecule has 10 atom stereocenters. The molecule has 0 saturated heterocycles. The minimum Gasteiger partial charge on any atom is -0.505 e. The van der Waals surface area contributed by atoms with Crippen molar-refractivity contribution in [2.24, 2.45) is 40.2 Å². The van der Waals surface area contributed by atoms with Crippen molar-refractivity contribution in [1.82, 2.24) is 0 Å². The lowest BCUT2D eigenvalue weighted by Gasteiger charge is -2.69. The number of carbonyl (C=O) groups is 4. The smallest absolute Gasteiger partial charge is 0.418 e. The third-order valence-electron chi connectivity index (χ3n) is 11.4. The van der Waals surface area contributed by atoms with E-state index in [9.17, 15) is 57.9 Å². The number of nitrogens with one attached hydrogen (secondary N) is 2. The van der Waals surface area contributed by atoms with E-state index in [1.54, 1.807) is 20.8 Å². The molecule has 2 unspecified atom stereocenters. The maximum absolute atomic E-state index is 14.4. The number of alkyl halides is 3. The molecule has 0 aliphatic heterocycles. The molecule has 2 aromatic rings.